The number of aliphatic imine (C=N–C) groups is 2. The highest BCUT2D eigenvalue weighted by Crippen LogP contribution is 2.33. The molecule has 7 nitrogen and oxygen atoms in total. The zero-order chi connectivity index (χ0) is 19.7. The van der Waals surface area contributed by atoms with E-state index in [-0.39, 0.29) is 17.6 Å². The van der Waals surface area contributed by atoms with Gasteiger partial charge in [0, 0.05) is 17.3 Å². The summed E-state index contributed by atoms with van der Waals surface area (Å²) in [5, 5.41) is 3.29. The standard InChI is InChI=1S/C20H18N4O3S/c1-12-19(26)24-18(21-12)15-8-3-4-9-16(15)23-20(24)28-11-17(25)22-13-6-5-7-14(10-13)27-2/h3-10,12H,11H2,1-2H3,(H,22,25)/t12-/m0/s1. The highest BCUT2D eigenvalue weighted by Gasteiger charge is 2.39. The Hall–Kier alpha value is -3.13. The highest BCUT2D eigenvalue weighted by molar-refractivity contribution is 8.14. The minimum absolute atomic E-state index is 0.115. The molecule has 0 bridgehead atoms. The Kier molecular flexibility index (Phi) is 4.87. The summed E-state index contributed by atoms with van der Waals surface area (Å²) in [4.78, 5) is 35.5. The monoisotopic (exact) mass is 394 g/mol. The largest absolute Gasteiger partial charge is 0.497 e. The average molecular weight is 394 g/mol. The van der Waals surface area contributed by atoms with E-state index in [0.29, 0.717) is 22.4 Å². The summed E-state index contributed by atoms with van der Waals surface area (Å²) in [7, 11) is 1.57. The van der Waals surface area contributed by atoms with Gasteiger partial charge in [-0.2, -0.15) is 0 Å². The highest BCUT2D eigenvalue weighted by atomic mass is 32.2. The summed E-state index contributed by atoms with van der Waals surface area (Å²) in [6.07, 6.45) is 0. The van der Waals surface area contributed by atoms with Gasteiger partial charge in [-0.3, -0.25) is 14.6 Å². The fourth-order valence-electron chi connectivity index (χ4n) is 3.00. The predicted molar refractivity (Wildman–Crippen MR) is 110 cm³/mol. The smallest absolute Gasteiger partial charge is 0.258 e. The van der Waals surface area contributed by atoms with Gasteiger partial charge in [-0.1, -0.05) is 30.0 Å². The summed E-state index contributed by atoms with van der Waals surface area (Å²) in [6, 6.07) is 14.2. The van der Waals surface area contributed by atoms with Gasteiger partial charge in [-0.25, -0.2) is 9.89 Å². The average Bonchev–Trinajstić information content (AvgIpc) is 3.01. The van der Waals surface area contributed by atoms with Gasteiger partial charge in [-0.05, 0) is 31.2 Å². The molecule has 0 spiro atoms. The number of hydrogen-bond acceptors (Lipinski definition) is 6. The molecule has 0 saturated carbocycles. The molecular weight excluding hydrogens is 376 g/mol. The molecule has 0 aromatic heterocycles. The summed E-state index contributed by atoms with van der Waals surface area (Å²) in [6.45, 7) is 1.76. The third kappa shape index (κ3) is 3.38. The van der Waals surface area contributed by atoms with Crippen molar-refractivity contribution in [2.24, 2.45) is 9.98 Å². The van der Waals surface area contributed by atoms with Crippen molar-refractivity contribution in [1.82, 2.24) is 4.90 Å². The minimum atomic E-state index is -0.461. The number of nitrogens with zero attached hydrogens (tertiary/aromatic N) is 3. The first-order valence-corrected chi connectivity index (χ1v) is 9.72. The van der Waals surface area contributed by atoms with E-state index in [2.05, 4.69) is 15.3 Å². The van der Waals surface area contributed by atoms with Crippen LogP contribution in [0.15, 0.2) is 58.5 Å². The van der Waals surface area contributed by atoms with Gasteiger partial charge in [0.2, 0.25) is 5.91 Å². The van der Waals surface area contributed by atoms with Crippen LogP contribution in [0.2, 0.25) is 0 Å². The Labute approximate surface area is 166 Å². The number of methoxy groups -OCH3 is 1. The molecule has 0 radical (unpaired) electrons. The van der Waals surface area contributed by atoms with Crippen molar-refractivity contribution in [2.45, 2.75) is 13.0 Å². The van der Waals surface area contributed by atoms with Gasteiger partial charge in [0.25, 0.3) is 5.91 Å². The lowest BCUT2D eigenvalue weighted by Gasteiger charge is -2.25. The Bertz CT molecular complexity index is 1020. The molecule has 2 aromatic rings. The number of para-hydroxylation sites is 1. The number of anilines is 1. The number of ether oxygens (including phenoxy) is 1. The van der Waals surface area contributed by atoms with E-state index < -0.39 is 6.04 Å². The Balaban J connectivity index is 1.51. The second-order valence-corrected chi connectivity index (χ2v) is 7.23. The van der Waals surface area contributed by atoms with Crippen molar-refractivity contribution in [3.05, 3.63) is 54.1 Å². The lowest BCUT2D eigenvalue weighted by Crippen LogP contribution is -2.41. The number of rotatable bonds is 4. The number of carbonyl (C=O) groups is 2. The maximum atomic E-state index is 12.6. The molecule has 0 fully saturated rings. The molecule has 1 N–H and O–H groups in total. The third-order valence-electron chi connectivity index (χ3n) is 4.34. The maximum absolute atomic E-state index is 12.6. The zero-order valence-corrected chi connectivity index (χ0v) is 16.2. The van der Waals surface area contributed by atoms with E-state index in [4.69, 9.17) is 4.74 Å². The van der Waals surface area contributed by atoms with Crippen molar-refractivity contribution < 1.29 is 14.3 Å². The van der Waals surface area contributed by atoms with Gasteiger partial charge in [0.05, 0.1) is 18.6 Å². The van der Waals surface area contributed by atoms with Crippen molar-refractivity contribution in [2.75, 3.05) is 18.2 Å². The molecule has 28 heavy (non-hydrogen) atoms. The lowest BCUT2D eigenvalue weighted by molar-refractivity contribution is -0.124. The van der Waals surface area contributed by atoms with Crippen LogP contribution >= 0.6 is 11.8 Å². The van der Waals surface area contributed by atoms with E-state index >= 15 is 0 Å². The van der Waals surface area contributed by atoms with E-state index in [1.165, 1.54) is 16.7 Å². The number of amidine groups is 2. The van der Waals surface area contributed by atoms with Crippen molar-refractivity contribution in [1.29, 1.82) is 0 Å². The fraction of sp³-hybridized carbons (Fsp3) is 0.200. The number of hydrogen-bond donors (Lipinski definition) is 1. The molecule has 142 valence electrons. The third-order valence-corrected chi connectivity index (χ3v) is 5.28. The summed E-state index contributed by atoms with van der Waals surface area (Å²) in [5.41, 5.74) is 2.22. The molecule has 4 rings (SSSR count). The first-order valence-electron chi connectivity index (χ1n) is 8.73. The second-order valence-electron chi connectivity index (χ2n) is 6.28. The summed E-state index contributed by atoms with van der Waals surface area (Å²) >= 11 is 1.21. The summed E-state index contributed by atoms with van der Waals surface area (Å²) < 4.78 is 5.16. The van der Waals surface area contributed by atoms with Gasteiger partial charge >= 0.3 is 0 Å². The van der Waals surface area contributed by atoms with Gasteiger partial charge in [0.1, 0.15) is 17.6 Å². The van der Waals surface area contributed by atoms with Crippen LogP contribution in [-0.4, -0.2) is 46.6 Å². The molecule has 2 aliphatic rings. The number of carbonyl (C=O) groups excluding carboxylic acids is 2. The molecule has 0 unspecified atom stereocenters. The Morgan fingerprint density at radius 1 is 1.25 bits per heavy atom. The van der Waals surface area contributed by atoms with Crippen molar-refractivity contribution in [3.8, 4) is 5.75 Å². The number of benzene rings is 2. The van der Waals surface area contributed by atoms with E-state index in [0.717, 1.165) is 11.3 Å². The Morgan fingerprint density at radius 2 is 2.07 bits per heavy atom. The first kappa shape index (κ1) is 18.2. The molecular formula is C20H18N4O3S. The van der Waals surface area contributed by atoms with Crippen LogP contribution in [0.5, 0.6) is 5.75 Å². The van der Waals surface area contributed by atoms with Crippen LogP contribution in [-0.2, 0) is 9.59 Å². The van der Waals surface area contributed by atoms with Crippen LogP contribution in [0.1, 0.15) is 12.5 Å². The second kappa shape index (κ2) is 7.47. The topological polar surface area (TPSA) is 83.4 Å². The van der Waals surface area contributed by atoms with Gasteiger partial charge in [0.15, 0.2) is 5.17 Å². The Morgan fingerprint density at radius 3 is 2.89 bits per heavy atom. The van der Waals surface area contributed by atoms with Crippen LogP contribution in [0.3, 0.4) is 0 Å². The molecule has 0 saturated heterocycles. The molecule has 2 aliphatic heterocycles. The number of amides is 2. The van der Waals surface area contributed by atoms with Crippen LogP contribution in [0, 0.1) is 0 Å². The molecule has 8 heteroatoms. The maximum Gasteiger partial charge on any atom is 0.258 e. The van der Waals surface area contributed by atoms with Crippen LogP contribution < -0.4 is 10.1 Å². The normalized spacial score (nSPS) is 17.4. The van der Waals surface area contributed by atoms with Crippen molar-refractivity contribution in [3.63, 3.8) is 0 Å². The molecule has 0 aliphatic carbocycles. The first-order chi connectivity index (χ1) is 13.6. The van der Waals surface area contributed by atoms with Crippen LogP contribution in [0.25, 0.3) is 0 Å². The zero-order valence-electron chi connectivity index (χ0n) is 15.4. The van der Waals surface area contributed by atoms with Crippen LogP contribution in [0.4, 0.5) is 11.4 Å². The molecule has 2 aromatic carbocycles. The predicted octanol–water partition coefficient (Wildman–Crippen LogP) is 3.05. The minimum Gasteiger partial charge on any atom is -0.497 e. The SMILES string of the molecule is COc1cccc(NC(=O)CSC2=Nc3ccccc3C3=N[C@@H](C)C(=O)N23)c1. The van der Waals surface area contributed by atoms with Gasteiger partial charge < -0.3 is 10.1 Å². The fourth-order valence-corrected chi connectivity index (χ4v) is 3.80. The quantitative estimate of drug-likeness (QED) is 0.864. The van der Waals surface area contributed by atoms with E-state index in [9.17, 15) is 9.59 Å². The molecule has 2 amide bonds. The number of nitrogens with one attached hydrogen (secondary N) is 1. The van der Waals surface area contributed by atoms with E-state index in [1.807, 2.05) is 24.3 Å². The van der Waals surface area contributed by atoms with E-state index in [1.54, 1.807) is 38.3 Å². The molecule has 1 atom stereocenters. The molecule has 2 heterocycles. The lowest BCUT2D eigenvalue weighted by atomic mass is 10.1. The number of thioether (sulfide) groups is 1. The van der Waals surface area contributed by atoms with Crippen molar-refractivity contribution >= 4 is 46.0 Å². The number of fused-ring (bicyclic) bond motifs is 3. The van der Waals surface area contributed by atoms with Gasteiger partial charge in [-0.15, -0.1) is 0 Å². The summed E-state index contributed by atoms with van der Waals surface area (Å²) in [5.74, 6) is 1.04.